The normalized spacial score (nSPS) is 12.6. The molecule has 0 bridgehead atoms. The summed E-state index contributed by atoms with van der Waals surface area (Å²) in [6, 6.07) is 7.86. The van der Waals surface area contributed by atoms with Crippen LogP contribution in [0, 0.1) is 0 Å². The summed E-state index contributed by atoms with van der Waals surface area (Å²) < 4.78 is 5.18. The molecule has 5 heteroatoms. The fraction of sp³-hybridized carbons (Fsp3) is 0.385. The quantitative estimate of drug-likeness (QED) is 0.833. The Morgan fingerprint density at radius 1 is 1.33 bits per heavy atom. The van der Waals surface area contributed by atoms with Crippen molar-refractivity contribution in [3.63, 3.8) is 0 Å². The Hall–Kier alpha value is -1.00. The third-order valence-corrected chi connectivity index (χ3v) is 3.44. The molecule has 0 aliphatic heterocycles. The van der Waals surface area contributed by atoms with Crippen molar-refractivity contribution >= 4 is 23.4 Å². The van der Waals surface area contributed by atoms with Crippen LogP contribution in [-0.2, 0) is 12.2 Å². The van der Waals surface area contributed by atoms with Gasteiger partial charge in [-0.2, -0.15) is 16.7 Å². The lowest BCUT2D eigenvalue weighted by atomic mass is 10.0. The maximum absolute atomic E-state index is 5.86. The first kappa shape index (κ1) is 13.4. The molecular weight excluding hydrogens is 268 g/mol. The van der Waals surface area contributed by atoms with Gasteiger partial charge in [0.2, 0.25) is 5.89 Å². The van der Waals surface area contributed by atoms with Crippen LogP contribution in [0.3, 0.4) is 0 Å². The second-order valence-electron chi connectivity index (χ2n) is 4.21. The van der Waals surface area contributed by atoms with Crippen LogP contribution >= 0.6 is 23.4 Å². The highest BCUT2D eigenvalue weighted by Crippen LogP contribution is 2.20. The number of benzene rings is 1. The molecule has 2 rings (SSSR count). The summed E-state index contributed by atoms with van der Waals surface area (Å²) in [5, 5.41) is 4.78. The monoisotopic (exact) mass is 282 g/mol. The average molecular weight is 283 g/mol. The summed E-state index contributed by atoms with van der Waals surface area (Å²) in [7, 11) is 0. The van der Waals surface area contributed by atoms with Gasteiger partial charge in [0.15, 0.2) is 5.82 Å². The van der Waals surface area contributed by atoms with Crippen LogP contribution in [-0.4, -0.2) is 16.4 Å². The maximum atomic E-state index is 5.86. The molecule has 0 amide bonds. The molecule has 0 saturated carbocycles. The van der Waals surface area contributed by atoms with Gasteiger partial charge in [-0.3, -0.25) is 0 Å². The molecule has 3 nitrogen and oxygen atoms in total. The maximum Gasteiger partial charge on any atom is 0.236 e. The number of rotatable bonds is 5. The van der Waals surface area contributed by atoms with E-state index in [0.29, 0.717) is 5.89 Å². The van der Waals surface area contributed by atoms with Crippen molar-refractivity contribution in [3.8, 4) is 0 Å². The smallest absolute Gasteiger partial charge is 0.236 e. The Labute approximate surface area is 116 Å². The van der Waals surface area contributed by atoms with E-state index < -0.39 is 0 Å². The Bertz CT molecular complexity index is 498. The molecule has 2 aromatic rings. The third kappa shape index (κ3) is 3.50. The number of thioether (sulfide) groups is 1. The minimum atomic E-state index is 0.241. The van der Waals surface area contributed by atoms with Gasteiger partial charge < -0.3 is 4.52 Å². The first-order valence-corrected chi connectivity index (χ1v) is 7.52. The Balaban J connectivity index is 2.02. The van der Waals surface area contributed by atoms with E-state index in [0.717, 1.165) is 23.0 Å². The zero-order chi connectivity index (χ0) is 13.0. The molecule has 1 heterocycles. The van der Waals surface area contributed by atoms with Crippen molar-refractivity contribution in [3.05, 3.63) is 46.6 Å². The average Bonchev–Trinajstić information content (AvgIpc) is 2.81. The molecule has 0 unspecified atom stereocenters. The SMILES string of the molecule is CSCc1nc([C@@H](C)Cc2ccc(Cl)cc2)no1. The Morgan fingerprint density at radius 3 is 2.72 bits per heavy atom. The van der Waals surface area contributed by atoms with Gasteiger partial charge in [-0.15, -0.1) is 0 Å². The Kier molecular flexibility index (Phi) is 4.66. The van der Waals surface area contributed by atoms with Gasteiger partial charge in [-0.25, -0.2) is 0 Å². The third-order valence-electron chi connectivity index (χ3n) is 2.65. The van der Waals surface area contributed by atoms with Crippen LogP contribution in [0.2, 0.25) is 5.02 Å². The molecule has 0 N–H and O–H groups in total. The van der Waals surface area contributed by atoms with Gasteiger partial charge in [0.05, 0.1) is 5.75 Å². The van der Waals surface area contributed by atoms with Gasteiger partial charge >= 0.3 is 0 Å². The van der Waals surface area contributed by atoms with E-state index in [9.17, 15) is 0 Å². The number of halogens is 1. The van der Waals surface area contributed by atoms with Crippen LogP contribution in [0.5, 0.6) is 0 Å². The van der Waals surface area contributed by atoms with Crippen molar-refractivity contribution in [1.82, 2.24) is 10.1 Å². The van der Waals surface area contributed by atoms with E-state index in [2.05, 4.69) is 17.1 Å². The summed E-state index contributed by atoms with van der Waals surface area (Å²) in [6.07, 6.45) is 2.90. The number of aromatic nitrogens is 2. The molecule has 0 radical (unpaired) electrons. The van der Waals surface area contributed by atoms with E-state index in [4.69, 9.17) is 16.1 Å². The van der Waals surface area contributed by atoms with Crippen LogP contribution in [0.25, 0.3) is 0 Å². The van der Waals surface area contributed by atoms with E-state index >= 15 is 0 Å². The van der Waals surface area contributed by atoms with Crippen molar-refractivity contribution in [2.75, 3.05) is 6.26 Å². The second-order valence-corrected chi connectivity index (χ2v) is 5.51. The van der Waals surface area contributed by atoms with Crippen molar-refractivity contribution in [1.29, 1.82) is 0 Å². The van der Waals surface area contributed by atoms with Gasteiger partial charge in [-0.05, 0) is 30.4 Å². The summed E-state index contributed by atoms with van der Waals surface area (Å²) in [4.78, 5) is 4.39. The zero-order valence-electron chi connectivity index (χ0n) is 10.4. The summed E-state index contributed by atoms with van der Waals surface area (Å²) in [5.41, 5.74) is 1.23. The molecule has 0 spiro atoms. The van der Waals surface area contributed by atoms with Crippen LogP contribution in [0.15, 0.2) is 28.8 Å². The molecule has 1 aromatic heterocycles. The largest absolute Gasteiger partial charge is 0.338 e. The van der Waals surface area contributed by atoms with Crippen molar-refractivity contribution in [2.45, 2.75) is 25.0 Å². The highest BCUT2D eigenvalue weighted by Gasteiger charge is 2.14. The summed E-state index contributed by atoms with van der Waals surface area (Å²) >= 11 is 7.54. The molecule has 1 atom stereocenters. The molecule has 1 aromatic carbocycles. The topological polar surface area (TPSA) is 38.9 Å². The molecule has 0 saturated heterocycles. The fourth-order valence-electron chi connectivity index (χ4n) is 1.72. The minimum Gasteiger partial charge on any atom is -0.338 e. The summed E-state index contributed by atoms with van der Waals surface area (Å²) in [6.45, 7) is 2.10. The van der Waals surface area contributed by atoms with Crippen LogP contribution in [0.1, 0.15) is 30.1 Å². The van der Waals surface area contributed by atoms with Crippen LogP contribution in [0.4, 0.5) is 0 Å². The van der Waals surface area contributed by atoms with Crippen LogP contribution < -0.4 is 0 Å². The molecular formula is C13H15ClN2OS. The lowest BCUT2D eigenvalue weighted by Crippen LogP contribution is -2.00. The lowest BCUT2D eigenvalue weighted by Gasteiger charge is -2.06. The van der Waals surface area contributed by atoms with Gasteiger partial charge in [0.1, 0.15) is 0 Å². The predicted molar refractivity (Wildman–Crippen MR) is 75.1 cm³/mol. The Morgan fingerprint density at radius 2 is 2.06 bits per heavy atom. The van der Waals surface area contributed by atoms with Gasteiger partial charge in [0, 0.05) is 10.9 Å². The predicted octanol–water partition coefficient (Wildman–Crippen LogP) is 3.93. The molecule has 0 fully saturated rings. The number of hydrogen-bond donors (Lipinski definition) is 0. The van der Waals surface area contributed by atoms with E-state index in [1.807, 2.05) is 30.5 Å². The molecule has 96 valence electrons. The van der Waals surface area contributed by atoms with Gasteiger partial charge in [0.25, 0.3) is 0 Å². The highest BCUT2D eigenvalue weighted by atomic mass is 35.5. The van der Waals surface area contributed by atoms with Crippen molar-refractivity contribution < 1.29 is 4.52 Å². The van der Waals surface area contributed by atoms with E-state index in [-0.39, 0.29) is 5.92 Å². The van der Waals surface area contributed by atoms with Gasteiger partial charge in [-0.1, -0.05) is 35.8 Å². The molecule has 0 aliphatic carbocycles. The van der Waals surface area contributed by atoms with Crippen molar-refractivity contribution in [2.24, 2.45) is 0 Å². The minimum absolute atomic E-state index is 0.241. The van der Waals surface area contributed by atoms with E-state index in [1.165, 1.54) is 5.56 Å². The summed E-state index contributed by atoms with van der Waals surface area (Å²) in [5.74, 6) is 2.47. The number of hydrogen-bond acceptors (Lipinski definition) is 4. The zero-order valence-corrected chi connectivity index (χ0v) is 12.0. The molecule has 0 aliphatic rings. The first-order chi connectivity index (χ1) is 8.69. The highest BCUT2D eigenvalue weighted by molar-refractivity contribution is 7.97. The fourth-order valence-corrected chi connectivity index (χ4v) is 2.21. The standard InChI is InChI=1S/C13H15ClN2OS/c1-9(7-10-3-5-11(14)6-4-10)13-15-12(8-18-2)17-16-13/h3-6,9H,7-8H2,1-2H3/t9-/m0/s1. The second kappa shape index (κ2) is 6.25. The lowest BCUT2D eigenvalue weighted by molar-refractivity contribution is 0.381. The first-order valence-electron chi connectivity index (χ1n) is 5.75. The number of nitrogens with zero attached hydrogens (tertiary/aromatic N) is 2. The molecule has 18 heavy (non-hydrogen) atoms. The van der Waals surface area contributed by atoms with E-state index in [1.54, 1.807) is 11.8 Å².